The van der Waals surface area contributed by atoms with Crippen LogP contribution in [0.25, 0.3) is 0 Å². The Morgan fingerprint density at radius 1 is 1.05 bits per heavy atom. The monoisotopic (exact) mass is 312 g/mol. The van der Waals surface area contributed by atoms with Gasteiger partial charge in [0, 0.05) is 0 Å². The molecule has 0 aromatic heterocycles. The molecule has 0 spiro atoms. The third-order valence-corrected chi connectivity index (χ3v) is 2.35. The number of rotatable bonds is 2. The topological polar surface area (TPSA) is 74.3 Å². The number of hydrogen-bond donors (Lipinski definition) is 3. The third-order valence-electron chi connectivity index (χ3n) is 2.35. The predicted octanol–water partition coefficient (Wildman–Crippen LogP) is 2.93. The molecule has 10 heteroatoms. The van der Waals surface area contributed by atoms with E-state index in [1.54, 1.807) is 0 Å². The van der Waals surface area contributed by atoms with Crippen LogP contribution in [0.15, 0.2) is 23.3 Å². The second kappa shape index (κ2) is 5.62. The first-order valence-electron chi connectivity index (χ1n) is 5.35. The minimum absolute atomic E-state index is 0.0230. The van der Waals surface area contributed by atoms with Crippen LogP contribution in [-0.4, -0.2) is 11.7 Å². The van der Waals surface area contributed by atoms with E-state index in [4.69, 9.17) is 11.1 Å². The van der Waals surface area contributed by atoms with Crippen LogP contribution in [-0.2, 0) is 12.4 Å². The molecule has 0 fully saturated rings. The molecule has 0 unspecified atom stereocenters. The van der Waals surface area contributed by atoms with Crippen LogP contribution in [0.5, 0.6) is 0 Å². The minimum Gasteiger partial charge on any atom is -0.369 e. The zero-order chi connectivity index (χ0) is 16.4. The molecule has 4 nitrogen and oxygen atoms in total. The van der Waals surface area contributed by atoms with Crippen molar-refractivity contribution in [2.24, 2.45) is 10.8 Å². The average Bonchev–Trinajstić information content (AvgIpc) is 2.33. The van der Waals surface area contributed by atoms with Gasteiger partial charge in [-0.05, 0) is 30.7 Å². The highest BCUT2D eigenvalue weighted by atomic mass is 19.4. The Morgan fingerprint density at radius 2 is 1.48 bits per heavy atom. The number of hydrogen-bond acceptors (Lipinski definition) is 2. The fraction of sp³-hybridized carbons (Fsp3) is 0.273. The van der Waals surface area contributed by atoms with Gasteiger partial charge in [-0.2, -0.15) is 31.4 Å². The Kier molecular flexibility index (Phi) is 4.49. The van der Waals surface area contributed by atoms with Crippen molar-refractivity contribution in [1.29, 1.82) is 5.41 Å². The average molecular weight is 312 g/mol. The molecule has 1 aromatic rings. The maximum atomic E-state index is 12.6. The quantitative estimate of drug-likeness (QED) is 0.340. The molecule has 4 N–H and O–H groups in total. The molecule has 0 aliphatic carbocycles. The zero-order valence-electron chi connectivity index (χ0n) is 10.5. The fourth-order valence-electron chi connectivity index (χ4n) is 1.37. The number of nitrogens with one attached hydrogen (secondary N) is 2. The number of guanidine groups is 1. The Morgan fingerprint density at radius 3 is 1.81 bits per heavy atom. The molecule has 0 aliphatic rings. The molecule has 116 valence electrons. The van der Waals surface area contributed by atoms with Crippen molar-refractivity contribution in [3.63, 3.8) is 0 Å². The second-order valence-electron chi connectivity index (χ2n) is 4.02. The summed E-state index contributed by atoms with van der Waals surface area (Å²) in [6, 6.07) is 1.10. The number of alkyl halides is 6. The van der Waals surface area contributed by atoms with E-state index in [-0.39, 0.29) is 17.3 Å². The Labute approximate surface area is 115 Å². The van der Waals surface area contributed by atoms with Gasteiger partial charge in [0.15, 0.2) is 0 Å². The van der Waals surface area contributed by atoms with E-state index in [9.17, 15) is 26.3 Å². The van der Waals surface area contributed by atoms with Gasteiger partial charge in [-0.15, -0.1) is 0 Å². The Balaban J connectivity index is 3.39. The van der Waals surface area contributed by atoms with Crippen molar-refractivity contribution >= 4 is 11.7 Å². The van der Waals surface area contributed by atoms with Crippen molar-refractivity contribution in [3.8, 4) is 0 Å². The lowest BCUT2D eigenvalue weighted by Gasteiger charge is -2.14. The van der Waals surface area contributed by atoms with Crippen molar-refractivity contribution in [2.45, 2.75) is 19.3 Å². The van der Waals surface area contributed by atoms with Gasteiger partial charge in [-0.3, -0.25) is 5.41 Å². The van der Waals surface area contributed by atoms with Crippen LogP contribution in [0.3, 0.4) is 0 Å². The summed E-state index contributed by atoms with van der Waals surface area (Å²) in [6.07, 6.45) is -9.85. The molecule has 0 saturated carbocycles. The summed E-state index contributed by atoms with van der Waals surface area (Å²) in [6.45, 7) is 1.19. The minimum atomic E-state index is -4.93. The normalized spacial score (nSPS) is 13.2. The van der Waals surface area contributed by atoms with Crippen molar-refractivity contribution < 1.29 is 26.3 Å². The summed E-state index contributed by atoms with van der Waals surface area (Å²) in [5.74, 6) is -0.600. The first-order chi connectivity index (χ1) is 9.41. The summed E-state index contributed by atoms with van der Waals surface area (Å²) in [5, 5.41) is 10.3. The van der Waals surface area contributed by atoms with Crippen LogP contribution < -0.4 is 11.2 Å². The largest absolute Gasteiger partial charge is 0.416 e. The van der Waals surface area contributed by atoms with Gasteiger partial charge >= 0.3 is 12.4 Å². The van der Waals surface area contributed by atoms with Gasteiger partial charge < -0.3 is 5.73 Å². The highest BCUT2D eigenvalue weighted by Gasteiger charge is 2.37. The SMILES string of the molecule is C/C(=N\NC(=N)N)c1cc(C(F)(F)F)cc(C(F)(F)F)c1. The smallest absolute Gasteiger partial charge is 0.369 e. The van der Waals surface area contributed by atoms with E-state index in [2.05, 4.69) is 5.10 Å². The van der Waals surface area contributed by atoms with Crippen molar-refractivity contribution in [3.05, 3.63) is 34.9 Å². The highest BCUT2D eigenvalue weighted by molar-refractivity contribution is 5.99. The molecule has 0 amide bonds. The summed E-state index contributed by atoms with van der Waals surface area (Å²) in [4.78, 5) is 0. The van der Waals surface area contributed by atoms with E-state index in [1.807, 2.05) is 5.43 Å². The van der Waals surface area contributed by atoms with Gasteiger partial charge in [-0.25, -0.2) is 5.43 Å². The lowest BCUT2D eigenvalue weighted by atomic mass is 10.0. The Bertz CT molecular complexity index is 541. The number of nitrogens with zero attached hydrogens (tertiary/aromatic N) is 1. The fourth-order valence-corrected chi connectivity index (χ4v) is 1.37. The van der Waals surface area contributed by atoms with Crippen LogP contribution in [0.1, 0.15) is 23.6 Å². The van der Waals surface area contributed by atoms with Gasteiger partial charge in [0.2, 0.25) is 5.96 Å². The summed E-state index contributed by atoms with van der Waals surface area (Å²) >= 11 is 0. The predicted molar refractivity (Wildman–Crippen MR) is 63.7 cm³/mol. The molecule has 0 bridgehead atoms. The molecule has 0 radical (unpaired) electrons. The molecule has 1 rings (SSSR count). The van der Waals surface area contributed by atoms with Gasteiger partial charge in [-0.1, -0.05) is 0 Å². The zero-order valence-corrected chi connectivity index (χ0v) is 10.5. The van der Waals surface area contributed by atoms with E-state index in [0.717, 1.165) is 0 Å². The van der Waals surface area contributed by atoms with Gasteiger partial charge in [0.25, 0.3) is 0 Å². The molecule has 1 aromatic carbocycles. The Hall–Kier alpha value is -2.26. The molecule has 0 heterocycles. The van der Waals surface area contributed by atoms with E-state index in [0.29, 0.717) is 12.1 Å². The summed E-state index contributed by atoms with van der Waals surface area (Å²) < 4.78 is 75.8. The number of hydrazone groups is 1. The molecular weight excluding hydrogens is 302 g/mol. The molecule has 0 atom stereocenters. The van der Waals surface area contributed by atoms with Crippen molar-refractivity contribution in [1.82, 2.24) is 5.43 Å². The van der Waals surface area contributed by atoms with Crippen LogP contribution in [0.4, 0.5) is 26.3 Å². The standard InChI is InChI=1S/C11H10F6N4/c1-5(20-21-9(18)19)6-2-7(10(12,13)14)4-8(3-6)11(15,16)17/h2-4H,1H3,(H4,18,19,21)/b20-5+. The third kappa shape index (κ3) is 4.65. The maximum absolute atomic E-state index is 12.6. The van der Waals surface area contributed by atoms with E-state index in [1.165, 1.54) is 6.92 Å². The number of halogens is 6. The van der Waals surface area contributed by atoms with Gasteiger partial charge in [0.1, 0.15) is 0 Å². The first-order valence-corrected chi connectivity index (χ1v) is 5.35. The summed E-state index contributed by atoms with van der Waals surface area (Å²) in [5.41, 5.74) is 3.43. The van der Waals surface area contributed by atoms with Gasteiger partial charge in [0.05, 0.1) is 16.8 Å². The highest BCUT2D eigenvalue weighted by Crippen LogP contribution is 2.36. The molecule has 0 saturated heterocycles. The molecule has 21 heavy (non-hydrogen) atoms. The number of nitrogens with two attached hydrogens (primary N) is 1. The van der Waals surface area contributed by atoms with Crippen molar-refractivity contribution in [2.75, 3.05) is 0 Å². The molecular formula is C11H10F6N4. The summed E-state index contributed by atoms with van der Waals surface area (Å²) in [7, 11) is 0. The van der Waals surface area contributed by atoms with Crippen LogP contribution >= 0.6 is 0 Å². The lowest BCUT2D eigenvalue weighted by Crippen LogP contribution is -2.26. The van der Waals surface area contributed by atoms with Crippen LogP contribution in [0.2, 0.25) is 0 Å². The van der Waals surface area contributed by atoms with Crippen LogP contribution in [0, 0.1) is 5.41 Å². The maximum Gasteiger partial charge on any atom is 0.416 e. The van der Waals surface area contributed by atoms with E-state index < -0.39 is 29.4 Å². The lowest BCUT2D eigenvalue weighted by molar-refractivity contribution is -0.143. The van der Waals surface area contributed by atoms with E-state index >= 15 is 0 Å². The first kappa shape index (κ1) is 16.8. The number of benzene rings is 1. The molecule has 0 aliphatic heterocycles. The second-order valence-corrected chi connectivity index (χ2v) is 4.02.